The van der Waals surface area contributed by atoms with Crippen molar-refractivity contribution in [2.24, 2.45) is 33.5 Å². The summed E-state index contributed by atoms with van der Waals surface area (Å²) in [4.78, 5) is 54.9. The van der Waals surface area contributed by atoms with Crippen molar-refractivity contribution in [3.63, 3.8) is 0 Å². The van der Waals surface area contributed by atoms with Crippen LogP contribution in [0.25, 0.3) is 0 Å². The van der Waals surface area contributed by atoms with E-state index in [1.54, 1.807) is 81.4 Å². The molecule has 1 spiro atoms. The van der Waals surface area contributed by atoms with Crippen molar-refractivity contribution < 1.29 is 48.3 Å². The Morgan fingerprint density at radius 1 is 0.820 bits per heavy atom. The minimum absolute atomic E-state index is 0.0115. The first-order valence-corrected chi connectivity index (χ1v) is 17.7. The molecule has 10 nitrogen and oxygen atoms in total. The van der Waals surface area contributed by atoms with Crippen molar-refractivity contribution in [2.45, 2.75) is 103 Å². The Hall–Kier alpha value is -3.76. The smallest absolute Gasteiger partial charge is 0.338 e. The van der Waals surface area contributed by atoms with E-state index in [-0.39, 0.29) is 36.3 Å². The first kappa shape index (κ1) is 36.0. The Labute approximate surface area is 293 Å². The van der Waals surface area contributed by atoms with Crippen molar-refractivity contribution in [1.82, 2.24) is 0 Å². The van der Waals surface area contributed by atoms with Gasteiger partial charge >= 0.3 is 23.9 Å². The summed E-state index contributed by atoms with van der Waals surface area (Å²) in [7, 11) is 1.35. The summed E-state index contributed by atoms with van der Waals surface area (Å²) in [6, 6.07) is 17.0. The zero-order chi connectivity index (χ0) is 36.3. The average molecular weight is 691 g/mol. The number of hydrogen-bond acceptors (Lipinski definition) is 10. The summed E-state index contributed by atoms with van der Waals surface area (Å²) >= 11 is 0. The fourth-order valence-electron chi connectivity index (χ4n) is 10.5. The third kappa shape index (κ3) is 5.63. The van der Waals surface area contributed by atoms with Crippen LogP contribution in [-0.4, -0.2) is 71.2 Å². The topological polar surface area (TPSA) is 146 Å². The molecule has 0 amide bonds. The highest BCUT2D eigenvalue weighted by atomic mass is 16.6. The maximum Gasteiger partial charge on any atom is 0.338 e. The maximum absolute atomic E-state index is 14.1. The van der Waals surface area contributed by atoms with E-state index in [9.17, 15) is 29.4 Å². The molecule has 4 aliphatic carbocycles. The second-order valence-electron chi connectivity index (χ2n) is 16.7. The summed E-state index contributed by atoms with van der Waals surface area (Å²) in [6.07, 6.45) is 0.0506. The van der Waals surface area contributed by atoms with E-state index in [1.165, 1.54) is 7.11 Å². The summed E-state index contributed by atoms with van der Waals surface area (Å²) < 4.78 is 24.2. The third-order valence-electron chi connectivity index (χ3n) is 12.7. The van der Waals surface area contributed by atoms with E-state index in [4.69, 9.17) is 18.9 Å². The van der Waals surface area contributed by atoms with E-state index >= 15 is 0 Å². The van der Waals surface area contributed by atoms with Gasteiger partial charge in [-0.15, -0.1) is 0 Å². The SMILES string of the molecule is COC(=O)[C@]1(C)CCC[C@@]2(C)[C@@H]3CC[C@@]4(O)C[C@]3(C[C@]4(O)COC(=O)C(C)(C)C)[C@@H](OC(=O)c3ccccc3)[C@@H](OC(=O)c3ccccc3)[C@@H]21. The third-order valence-corrected chi connectivity index (χ3v) is 12.7. The Morgan fingerprint density at radius 3 is 1.96 bits per heavy atom. The highest BCUT2D eigenvalue weighted by Gasteiger charge is 2.79. The van der Waals surface area contributed by atoms with Crippen molar-refractivity contribution >= 4 is 23.9 Å². The van der Waals surface area contributed by atoms with Crippen LogP contribution in [0.4, 0.5) is 0 Å². The summed E-state index contributed by atoms with van der Waals surface area (Å²) in [5.74, 6) is -3.20. The fourth-order valence-corrected chi connectivity index (χ4v) is 10.5. The summed E-state index contributed by atoms with van der Waals surface area (Å²) in [5, 5.41) is 24.8. The molecule has 0 aromatic heterocycles. The Balaban J connectivity index is 1.54. The lowest BCUT2D eigenvalue weighted by molar-refractivity contribution is -0.260. The predicted molar refractivity (Wildman–Crippen MR) is 182 cm³/mol. The quantitative estimate of drug-likeness (QED) is 0.275. The number of hydrogen-bond donors (Lipinski definition) is 2. The number of benzene rings is 2. The van der Waals surface area contributed by atoms with Gasteiger partial charge in [-0.3, -0.25) is 9.59 Å². The molecular formula is C40H50O10. The summed E-state index contributed by atoms with van der Waals surface area (Å²) in [6.45, 7) is 8.62. The molecule has 2 N–H and O–H groups in total. The second-order valence-corrected chi connectivity index (χ2v) is 16.7. The Kier molecular flexibility index (Phi) is 8.99. The van der Waals surface area contributed by atoms with Crippen molar-refractivity contribution in [3.05, 3.63) is 71.8 Å². The molecule has 2 bridgehead atoms. The standard InChI is InChI=1S/C40H50O10/c1-35(2,3)33(43)48-24-40(46)23-38-22-39(40,45)21-18-27(38)36(4)19-13-20-37(5,34(44)47-6)29(36)28(49-31(41)25-14-9-7-10-15-25)30(38)50-32(42)26-16-11-8-12-17-26/h7-12,14-17,27-30,45-46H,13,18-24H2,1-6H3/t27-,28-,29-,30-,36-,37+,38+,39+,40-/m0/s1. The first-order chi connectivity index (χ1) is 23.4. The molecule has 0 aliphatic heterocycles. The number of carbonyl (C=O) groups is 4. The molecule has 2 aromatic carbocycles. The highest BCUT2D eigenvalue weighted by Crippen LogP contribution is 2.74. The van der Waals surface area contributed by atoms with Gasteiger partial charge in [-0.05, 0) is 102 Å². The van der Waals surface area contributed by atoms with Gasteiger partial charge in [-0.1, -0.05) is 49.7 Å². The van der Waals surface area contributed by atoms with E-state index in [2.05, 4.69) is 6.92 Å². The Bertz CT molecular complexity index is 1640. The van der Waals surface area contributed by atoms with Crippen LogP contribution in [0.5, 0.6) is 0 Å². The van der Waals surface area contributed by atoms with Crippen LogP contribution >= 0.6 is 0 Å². The lowest BCUT2D eigenvalue weighted by Gasteiger charge is -2.67. The molecule has 10 heteroatoms. The van der Waals surface area contributed by atoms with Gasteiger partial charge < -0.3 is 29.2 Å². The largest absolute Gasteiger partial charge is 0.469 e. The van der Waals surface area contributed by atoms with Gasteiger partial charge in [-0.25, -0.2) is 9.59 Å². The van der Waals surface area contributed by atoms with Crippen molar-refractivity contribution in [2.75, 3.05) is 13.7 Å². The second kappa shape index (κ2) is 12.5. The molecule has 270 valence electrons. The van der Waals surface area contributed by atoms with Crippen LogP contribution in [0.15, 0.2) is 60.7 Å². The van der Waals surface area contributed by atoms with E-state index in [1.807, 2.05) is 6.92 Å². The lowest BCUT2D eigenvalue weighted by Crippen LogP contribution is -2.71. The van der Waals surface area contributed by atoms with Crippen LogP contribution in [0.1, 0.15) is 100 Å². The highest BCUT2D eigenvalue weighted by molar-refractivity contribution is 5.90. The van der Waals surface area contributed by atoms with Crippen LogP contribution < -0.4 is 0 Å². The molecule has 0 saturated heterocycles. The molecule has 9 atom stereocenters. The number of carbonyl (C=O) groups excluding carboxylic acids is 4. The molecule has 4 fully saturated rings. The molecular weight excluding hydrogens is 640 g/mol. The summed E-state index contributed by atoms with van der Waals surface area (Å²) in [5.41, 5.74) is -6.78. The monoisotopic (exact) mass is 690 g/mol. The van der Waals surface area contributed by atoms with Gasteiger partial charge in [0.25, 0.3) is 0 Å². The van der Waals surface area contributed by atoms with Gasteiger partial charge in [0.1, 0.15) is 24.4 Å². The minimum atomic E-state index is -1.89. The van der Waals surface area contributed by atoms with Crippen LogP contribution in [0, 0.1) is 33.5 Å². The van der Waals surface area contributed by atoms with Gasteiger partial charge in [-0.2, -0.15) is 0 Å². The molecule has 0 heterocycles. The van der Waals surface area contributed by atoms with Gasteiger partial charge in [0, 0.05) is 11.3 Å². The van der Waals surface area contributed by atoms with Crippen molar-refractivity contribution in [3.8, 4) is 0 Å². The van der Waals surface area contributed by atoms with Gasteiger partial charge in [0.15, 0.2) is 0 Å². The molecule has 6 rings (SSSR count). The Morgan fingerprint density at radius 2 is 1.40 bits per heavy atom. The average Bonchev–Trinajstić information content (AvgIpc) is 3.25. The van der Waals surface area contributed by atoms with Crippen LogP contribution in [0.3, 0.4) is 0 Å². The number of esters is 4. The first-order valence-electron chi connectivity index (χ1n) is 17.7. The maximum atomic E-state index is 14.1. The van der Waals surface area contributed by atoms with E-state index in [0.29, 0.717) is 25.7 Å². The van der Waals surface area contributed by atoms with Gasteiger partial charge in [0.05, 0.1) is 34.7 Å². The predicted octanol–water partition coefficient (Wildman–Crippen LogP) is 5.68. The molecule has 4 aliphatic rings. The van der Waals surface area contributed by atoms with Gasteiger partial charge in [0.2, 0.25) is 0 Å². The van der Waals surface area contributed by atoms with Crippen molar-refractivity contribution in [1.29, 1.82) is 0 Å². The number of rotatable bonds is 7. The molecule has 0 radical (unpaired) electrons. The molecule has 4 saturated carbocycles. The number of fused-ring (bicyclic) bond motifs is 3. The minimum Gasteiger partial charge on any atom is -0.469 e. The van der Waals surface area contributed by atoms with E-state index < -0.39 is 81.5 Å². The number of methoxy groups -OCH3 is 1. The zero-order valence-electron chi connectivity index (χ0n) is 29.9. The number of aliphatic hydroxyl groups is 2. The fraction of sp³-hybridized carbons (Fsp3) is 0.600. The molecule has 0 unspecified atom stereocenters. The number of ether oxygens (including phenoxy) is 4. The molecule has 50 heavy (non-hydrogen) atoms. The zero-order valence-corrected chi connectivity index (χ0v) is 29.9. The normalized spacial score (nSPS) is 37.4. The molecule has 2 aromatic rings. The van der Waals surface area contributed by atoms with Crippen LogP contribution in [-0.2, 0) is 28.5 Å². The van der Waals surface area contributed by atoms with E-state index in [0.717, 1.165) is 0 Å². The lowest BCUT2D eigenvalue weighted by atomic mass is 9.39. The van der Waals surface area contributed by atoms with Crippen LogP contribution in [0.2, 0.25) is 0 Å².